The third kappa shape index (κ3) is 2.54. The molecule has 0 saturated heterocycles. The molecule has 0 saturated carbocycles. The Kier molecular flexibility index (Phi) is 3.68. The Morgan fingerprint density at radius 2 is 1.78 bits per heavy atom. The maximum Gasteiger partial charge on any atom is 0.258 e. The van der Waals surface area contributed by atoms with Crippen LogP contribution in [0, 0.1) is 6.92 Å². The molecule has 2 aromatic carbocycles. The highest BCUT2D eigenvalue weighted by molar-refractivity contribution is 6.31. The summed E-state index contributed by atoms with van der Waals surface area (Å²) in [5, 5.41) is 0.613. The van der Waals surface area contributed by atoms with E-state index in [1.807, 2.05) is 43.3 Å². The van der Waals surface area contributed by atoms with Crippen LogP contribution in [0.4, 0.5) is 5.69 Å². The molecule has 1 amide bonds. The molecule has 2 aromatic rings. The summed E-state index contributed by atoms with van der Waals surface area (Å²) < 4.78 is 0. The van der Waals surface area contributed by atoms with E-state index in [1.165, 1.54) is 0 Å². The van der Waals surface area contributed by atoms with Gasteiger partial charge in [0.05, 0.1) is 0 Å². The van der Waals surface area contributed by atoms with Crippen molar-refractivity contribution in [3.63, 3.8) is 0 Å². The quantitative estimate of drug-likeness (QED) is 0.800. The fraction of sp³-hybridized carbons (Fsp3) is 0.133. The molecule has 2 rings (SSSR count). The Hall–Kier alpha value is -1.80. The number of para-hydroxylation sites is 1. The van der Waals surface area contributed by atoms with E-state index in [1.54, 1.807) is 24.1 Å². The van der Waals surface area contributed by atoms with Gasteiger partial charge in [0.15, 0.2) is 0 Å². The first-order valence-electron chi connectivity index (χ1n) is 5.69. The van der Waals surface area contributed by atoms with Gasteiger partial charge in [0.2, 0.25) is 0 Å². The van der Waals surface area contributed by atoms with Crippen LogP contribution in [0.3, 0.4) is 0 Å². The summed E-state index contributed by atoms with van der Waals surface area (Å²) in [4.78, 5) is 13.9. The zero-order chi connectivity index (χ0) is 13.1. The van der Waals surface area contributed by atoms with Crippen LogP contribution in [0.25, 0.3) is 0 Å². The number of aryl methyl sites for hydroxylation is 1. The van der Waals surface area contributed by atoms with Gasteiger partial charge >= 0.3 is 0 Å². The third-order valence-electron chi connectivity index (χ3n) is 2.87. The van der Waals surface area contributed by atoms with Gasteiger partial charge in [-0.1, -0.05) is 35.9 Å². The highest BCUT2D eigenvalue weighted by Gasteiger charge is 2.13. The average molecular weight is 260 g/mol. The van der Waals surface area contributed by atoms with Crippen molar-refractivity contribution in [2.75, 3.05) is 11.9 Å². The van der Waals surface area contributed by atoms with Gasteiger partial charge in [0.1, 0.15) is 0 Å². The van der Waals surface area contributed by atoms with Crippen molar-refractivity contribution in [3.8, 4) is 0 Å². The standard InChI is InChI=1S/C15H14ClNO/c1-11-8-9-12(10-14(11)16)15(18)17(2)13-6-4-3-5-7-13/h3-10H,1-2H3. The second kappa shape index (κ2) is 5.23. The van der Waals surface area contributed by atoms with Crippen molar-refractivity contribution in [2.24, 2.45) is 0 Å². The van der Waals surface area contributed by atoms with E-state index in [-0.39, 0.29) is 5.91 Å². The lowest BCUT2D eigenvalue weighted by Crippen LogP contribution is -2.26. The number of hydrogen-bond acceptors (Lipinski definition) is 1. The van der Waals surface area contributed by atoms with E-state index >= 15 is 0 Å². The molecule has 0 unspecified atom stereocenters. The molecular weight excluding hydrogens is 246 g/mol. The SMILES string of the molecule is Cc1ccc(C(=O)N(C)c2ccccc2)cc1Cl. The van der Waals surface area contributed by atoms with Crippen LogP contribution in [0.1, 0.15) is 15.9 Å². The third-order valence-corrected chi connectivity index (χ3v) is 3.27. The van der Waals surface area contributed by atoms with Crippen LogP contribution in [0.2, 0.25) is 5.02 Å². The number of nitrogens with zero attached hydrogens (tertiary/aromatic N) is 1. The molecule has 0 atom stereocenters. The smallest absolute Gasteiger partial charge is 0.258 e. The zero-order valence-corrected chi connectivity index (χ0v) is 11.1. The normalized spacial score (nSPS) is 10.2. The van der Waals surface area contributed by atoms with E-state index in [2.05, 4.69) is 0 Å². The summed E-state index contributed by atoms with van der Waals surface area (Å²) in [5.41, 5.74) is 2.42. The first-order valence-corrected chi connectivity index (χ1v) is 6.06. The van der Waals surface area contributed by atoms with Gasteiger partial charge in [-0.3, -0.25) is 4.79 Å². The summed E-state index contributed by atoms with van der Waals surface area (Å²) in [5.74, 6) is -0.0666. The highest BCUT2D eigenvalue weighted by Crippen LogP contribution is 2.20. The molecule has 18 heavy (non-hydrogen) atoms. The summed E-state index contributed by atoms with van der Waals surface area (Å²) in [6.45, 7) is 1.91. The lowest BCUT2D eigenvalue weighted by atomic mass is 10.1. The Labute approximate surface area is 112 Å². The van der Waals surface area contributed by atoms with Gasteiger partial charge in [-0.05, 0) is 36.8 Å². The molecule has 0 radical (unpaired) electrons. The monoisotopic (exact) mass is 259 g/mol. The summed E-state index contributed by atoms with van der Waals surface area (Å²) in [6, 6.07) is 14.9. The number of rotatable bonds is 2. The lowest BCUT2D eigenvalue weighted by molar-refractivity contribution is 0.0993. The number of anilines is 1. The summed E-state index contributed by atoms with van der Waals surface area (Å²) >= 11 is 6.04. The van der Waals surface area contributed by atoms with E-state index < -0.39 is 0 Å². The van der Waals surface area contributed by atoms with Crippen LogP contribution < -0.4 is 4.90 Å². The van der Waals surface area contributed by atoms with Crippen LogP contribution in [-0.4, -0.2) is 13.0 Å². The molecule has 0 aliphatic rings. The van der Waals surface area contributed by atoms with E-state index in [0.29, 0.717) is 10.6 Å². The van der Waals surface area contributed by atoms with Crippen LogP contribution in [0.5, 0.6) is 0 Å². The predicted molar refractivity (Wildman–Crippen MR) is 75.4 cm³/mol. The van der Waals surface area contributed by atoms with Gasteiger partial charge in [-0.2, -0.15) is 0 Å². The van der Waals surface area contributed by atoms with E-state index in [9.17, 15) is 4.79 Å². The predicted octanol–water partition coefficient (Wildman–Crippen LogP) is 3.93. The van der Waals surface area contributed by atoms with Crippen molar-refractivity contribution >= 4 is 23.2 Å². The van der Waals surface area contributed by atoms with E-state index in [0.717, 1.165) is 11.3 Å². The molecule has 3 heteroatoms. The van der Waals surface area contributed by atoms with Gasteiger partial charge in [-0.25, -0.2) is 0 Å². The summed E-state index contributed by atoms with van der Waals surface area (Å²) in [6.07, 6.45) is 0. The number of carbonyl (C=O) groups is 1. The van der Waals surface area contributed by atoms with Gasteiger partial charge in [0.25, 0.3) is 5.91 Å². The Morgan fingerprint density at radius 1 is 1.11 bits per heavy atom. The number of benzene rings is 2. The second-order valence-corrected chi connectivity index (χ2v) is 4.57. The first kappa shape index (κ1) is 12.7. The molecule has 0 N–H and O–H groups in total. The minimum Gasteiger partial charge on any atom is -0.311 e. The molecule has 0 aliphatic carbocycles. The highest BCUT2D eigenvalue weighted by atomic mass is 35.5. The molecule has 0 spiro atoms. The number of hydrogen-bond donors (Lipinski definition) is 0. The lowest BCUT2D eigenvalue weighted by Gasteiger charge is -2.17. The van der Waals surface area contributed by atoms with Crippen molar-refractivity contribution in [2.45, 2.75) is 6.92 Å². The summed E-state index contributed by atoms with van der Waals surface area (Å²) in [7, 11) is 1.76. The minimum atomic E-state index is -0.0666. The molecule has 0 bridgehead atoms. The molecule has 2 nitrogen and oxygen atoms in total. The molecule has 0 fully saturated rings. The van der Waals surface area contributed by atoms with Crippen molar-refractivity contribution in [3.05, 3.63) is 64.7 Å². The zero-order valence-electron chi connectivity index (χ0n) is 10.4. The molecule has 0 aliphatic heterocycles. The number of halogens is 1. The van der Waals surface area contributed by atoms with Gasteiger partial charge < -0.3 is 4.90 Å². The van der Waals surface area contributed by atoms with Crippen molar-refractivity contribution in [1.82, 2.24) is 0 Å². The molecule has 0 heterocycles. The van der Waals surface area contributed by atoms with Crippen LogP contribution in [-0.2, 0) is 0 Å². The first-order chi connectivity index (χ1) is 8.59. The number of amides is 1. The van der Waals surface area contributed by atoms with E-state index in [4.69, 9.17) is 11.6 Å². The van der Waals surface area contributed by atoms with Crippen LogP contribution >= 0.6 is 11.6 Å². The molecule has 0 aromatic heterocycles. The van der Waals surface area contributed by atoms with Gasteiger partial charge in [-0.15, -0.1) is 0 Å². The second-order valence-electron chi connectivity index (χ2n) is 4.16. The van der Waals surface area contributed by atoms with Crippen molar-refractivity contribution < 1.29 is 4.79 Å². The average Bonchev–Trinajstić information content (AvgIpc) is 2.41. The Balaban J connectivity index is 2.29. The fourth-order valence-electron chi connectivity index (χ4n) is 1.69. The number of carbonyl (C=O) groups excluding carboxylic acids is 1. The van der Waals surface area contributed by atoms with Crippen LogP contribution in [0.15, 0.2) is 48.5 Å². The molecular formula is C15H14ClNO. The topological polar surface area (TPSA) is 20.3 Å². The van der Waals surface area contributed by atoms with Crippen molar-refractivity contribution in [1.29, 1.82) is 0 Å². The molecule has 92 valence electrons. The van der Waals surface area contributed by atoms with Gasteiger partial charge in [0, 0.05) is 23.3 Å². The Morgan fingerprint density at radius 3 is 2.39 bits per heavy atom. The largest absolute Gasteiger partial charge is 0.311 e. The Bertz CT molecular complexity index is 566. The fourth-order valence-corrected chi connectivity index (χ4v) is 1.87. The maximum atomic E-state index is 12.3. The minimum absolute atomic E-state index is 0.0666. The maximum absolute atomic E-state index is 12.3.